The van der Waals surface area contributed by atoms with Crippen molar-refractivity contribution in [3.8, 4) is 0 Å². The van der Waals surface area contributed by atoms with Crippen LogP contribution >= 0.6 is 0 Å². The number of benzene rings is 2. The van der Waals surface area contributed by atoms with Gasteiger partial charge in [0.2, 0.25) is 0 Å². The lowest BCUT2D eigenvalue weighted by Gasteiger charge is -2.32. The summed E-state index contributed by atoms with van der Waals surface area (Å²) < 4.78 is 13.0. The van der Waals surface area contributed by atoms with Crippen molar-refractivity contribution < 1.29 is 9.50 Å². The molecule has 0 amide bonds. The highest BCUT2D eigenvalue weighted by molar-refractivity contribution is 5.19. The minimum atomic E-state index is -0.230. The van der Waals surface area contributed by atoms with Crippen LogP contribution in [0.25, 0.3) is 0 Å². The van der Waals surface area contributed by atoms with E-state index in [1.807, 2.05) is 0 Å². The van der Waals surface area contributed by atoms with E-state index in [1.165, 1.54) is 17.7 Å². The third kappa shape index (κ3) is 4.40. The van der Waals surface area contributed by atoms with Gasteiger partial charge >= 0.3 is 0 Å². The van der Waals surface area contributed by atoms with Crippen LogP contribution < -0.4 is 0 Å². The molecule has 2 aromatic rings. The van der Waals surface area contributed by atoms with E-state index in [1.54, 1.807) is 12.1 Å². The van der Waals surface area contributed by atoms with Crippen molar-refractivity contribution >= 4 is 0 Å². The Morgan fingerprint density at radius 2 is 1.65 bits per heavy atom. The Labute approximate surface area is 137 Å². The lowest BCUT2D eigenvalue weighted by molar-refractivity contribution is 0.0592. The zero-order valence-corrected chi connectivity index (χ0v) is 13.4. The van der Waals surface area contributed by atoms with Gasteiger partial charge in [0, 0.05) is 18.0 Å². The first kappa shape index (κ1) is 16.2. The Balaban J connectivity index is 1.47. The molecule has 1 atom stereocenters. The van der Waals surface area contributed by atoms with Crippen molar-refractivity contribution in [2.24, 2.45) is 5.92 Å². The van der Waals surface area contributed by atoms with Crippen LogP contribution in [0.4, 0.5) is 4.39 Å². The van der Waals surface area contributed by atoms with Gasteiger partial charge in [0.15, 0.2) is 6.10 Å². The first-order valence-electron chi connectivity index (χ1n) is 8.45. The Morgan fingerprint density at radius 3 is 2.30 bits per heavy atom. The van der Waals surface area contributed by atoms with Crippen molar-refractivity contribution in [2.75, 3.05) is 19.6 Å². The molecule has 1 aliphatic heterocycles. The van der Waals surface area contributed by atoms with E-state index < -0.39 is 0 Å². The Kier molecular flexibility index (Phi) is 5.42. The largest absolute Gasteiger partial charge is 0.439 e. The number of nitrogens with zero attached hydrogens (tertiary/aromatic N) is 1. The monoisotopic (exact) mass is 314 g/mol. The van der Waals surface area contributed by atoms with E-state index in [4.69, 9.17) is 5.11 Å². The summed E-state index contributed by atoms with van der Waals surface area (Å²) in [6.45, 7) is 3.22. The van der Waals surface area contributed by atoms with Gasteiger partial charge in [-0.2, -0.15) is 0 Å². The fraction of sp³-hybridized carbons (Fsp3) is 0.400. The molecule has 1 aliphatic rings. The summed E-state index contributed by atoms with van der Waals surface area (Å²) in [4.78, 5) is 2.50. The summed E-state index contributed by atoms with van der Waals surface area (Å²) >= 11 is 0. The molecule has 0 spiro atoms. The second kappa shape index (κ2) is 7.71. The summed E-state index contributed by atoms with van der Waals surface area (Å²) in [5.41, 5.74) is 2.33. The summed E-state index contributed by atoms with van der Waals surface area (Å²) in [6.07, 6.45) is 2.97. The molecule has 3 rings (SSSR count). The second-order valence-electron chi connectivity index (χ2n) is 6.44. The number of hydrogen-bond acceptors (Lipinski definition) is 1. The van der Waals surface area contributed by atoms with Gasteiger partial charge in [0.05, 0.1) is 0 Å². The predicted octanol–water partition coefficient (Wildman–Crippen LogP) is 3.55. The van der Waals surface area contributed by atoms with Gasteiger partial charge in [-0.05, 0) is 62.2 Å². The van der Waals surface area contributed by atoms with E-state index in [0.29, 0.717) is 5.92 Å². The number of hydrogen-bond donors (Lipinski definition) is 0. The van der Waals surface area contributed by atoms with Gasteiger partial charge in [0.25, 0.3) is 0 Å². The standard InChI is InChI=1S/C20H24FNO/c21-19-8-6-17(7-9-19)20(23)18-11-14-22(15-12-18)13-10-16-4-2-1-3-5-16/h1-9,18,20,23H,10-15H2/p+1. The molecule has 3 heteroatoms. The van der Waals surface area contributed by atoms with Crippen LogP contribution in [0.15, 0.2) is 54.6 Å². The van der Waals surface area contributed by atoms with Crippen molar-refractivity contribution in [1.82, 2.24) is 4.90 Å². The molecule has 0 aromatic heterocycles. The molecule has 0 bridgehead atoms. The lowest BCUT2D eigenvalue weighted by Crippen LogP contribution is -2.36. The Morgan fingerprint density at radius 1 is 1.00 bits per heavy atom. The first-order valence-corrected chi connectivity index (χ1v) is 8.45. The van der Waals surface area contributed by atoms with E-state index >= 15 is 0 Å². The van der Waals surface area contributed by atoms with Gasteiger partial charge in [0.1, 0.15) is 5.82 Å². The van der Waals surface area contributed by atoms with Crippen LogP contribution in [-0.4, -0.2) is 29.6 Å². The topological polar surface area (TPSA) is 26.1 Å². The second-order valence-corrected chi connectivity index (χ2v) is 6.44. The SMILES string of the molecule is [OH2+]C(c1ccc(F)cc1)C1CCN(CCc2ccccc2)CC1. The maximum Gasteiger partial charge on any atom is 0.182 e. The number of halogens is 1. The normalized spacial score (nSPS) is 18.0. The fourth-order valence-corrected chi connectivity index (χ4v) is 3.38. The van der Waals surface area contributed by atoms with Crippen molar-refractivity contribution in [3.05, 3.63) is 71.5 Å². The third-order valence-corrected chi connectivity index (χ3v) is 4.89. The van der Waals surface area contributed by atoms with Crippen molar-refractivity contribution in [2.45, 2.75) is 25.4 Å². The lowest BCUT2D eigenvalue weighted by atomic mass is 9.87. The fourth-order valence-electron chi connectivity index (χ4n) is 3.38. The first-order chi connectivity index (χ1) is 11.2. The van der Waals surface area contributed by atoms with Crippen LogP contribution in [0.5, 0.6) is 0 Å². The molecule has 1 unspecified atom stereocenters. The minimum Gasteiger partial charge on any atom is -0.439 e. The van der Waals surface area contributed by atoms with E-state index in [2.05, 4.69) is 35.2 Å². The highest BCUT2D eigenvalue weighted by atomic mass is 19.1. The molecular formula is C20H25FNO+. The molecule has 2 N–H and O–H groups in total. The molecule has 2 aromatic carbocycles. The zero-order chi connectivity index (χ0) is 16.1. The van der Waals surface area contributed by atoms with Crippen LogP contribution in [0, 0.1) is 11.7 Å². The van der Waals surface area contributed by atoms with Gasteiger partial charge in [-0.1, -0.05) is 30.3 Å². The summed E-state index contributed by atoms with van der Waals surface area (Å²) in [7, 11) is 0. The molecule has 1 fully saturated rings. The molecule has 0 aliphatic carbocycles. The van der Waals surface area contributed by atoms with Crippen LogP contribution in [0.1, 0.15) is 30.1 Å². The maximum absolute atomic E-state index is 13.0. The zero-order valence-electron chi connectivity index (χ0n) is 13.4. The average Bonchev–Trinajstić information content (AvgIpc) is 2.61. The van der Waals surface area contributed by atoms with Gasteiger partial charge in [-0.15, -0.1) is 0 Å². The van der Waals surface area contributed by atoms with Gasteiger partial charge < -0.3 is 10.0 Å². The maximum atomic E-state index is 13.0. The predicted molar refractivity (Wildman–Crippen MR) is 92.1 cm³/mol. The van der Waals surface area contributed by atoms with Crippen LogP contribution in [0.3, 0.4) is 0 Å². The smallest absolute Gasteiger partial charge is 0.182 e. The number of rotatable bonds is 5. The van der Waals surface area contributed by atoms with Crippen molar-refractivity contribution in [3.63, 3.8) is 0 Å². The van der Waals surface area contributed by atoms with Crippen molar-refractivity contribution in [1.29, 1.82) is 0 Å². The Bertz CT molecular complexity index is 591. The summed E-state index contributed by atoms with van der Waals surface area (Å²) in [5.74, 6) is 0.158. The highest BCUT2D eigenvalue weighted by Gasteiger charge is 2.29. The van der Waals surface area contributed by atoms with Gasteiger partial charge in [-0.25, -0.2) is 4.39 Å². The number of piperidine rings is 1. The molecule has 23 heavy (non-hydrogen) atoms. The quantitative estimate of drug-likeness (QED) is 0.775. The summed E-state index contributed by atoms with van der Waals surface area (Å²) in [6, 6.07) is 17.0. The Hall–Kier alpha value is -1.71. The van der Waals surface area contributed by atoms with E-state index in [-0.39, 0.29) is 11.9 Å². The average molecular weight is 314 g/mol. The van der Waals surface area contributed by atoms with E-state index in [0.717, 1.165) is 44.5 Å². The molecule has 1 saturated heterocycles. The van der Waals surface area contributed by atoms with Crippen LogP contribution in [-0.2, 0) is 6.42 Å². The van der Waals surface area contributed by atoms with E-state index in [9.17, 15) is 4.39 Å². The molecule has 0 radical (unpaired) electrons. The molecule has 0 saturated carbocycles. The third-order valence-electron chi connectivity index (χ3n) is 4.89. The highest BCUT2D eigenvalue weighted by Crippen LogP contribution is 2.30. The van der Waals surface area contributed by atoms with Gasteiger partial charge in [-0.3, -0.25) is 0 Å². The molecule has 1 heterocycles. The van der Waals surface area contributed by atoms with Crippen LogP contribution in [0.2, 0.25) is 0 Å². The summed E-state index contributed by atoms with van der Waals surface area (Å²) in [5, 5.41) is 8.44. The molecule has 2 nitrogen and oxygen atoms in total. The molecular weight excluding hydrogens is 289 g/mol. The minimum absolute atomic E-state index is 0.225. The molecule has 122 valence electrons. The number of likely N-dealkylation sites (tertiary alicyclic amines) is 1.